The summed E-state index contributed by atoms with van der Waals surface area (Å²) in [5.74, 6) is -1.63. The standard InChI is InChI=1S/C25H20F3NO4S/c1-13-10-11-34-23(13)20-19(21(30)18-9-8-17(33-3)12-14(18)2)22(31)24(32)29(20)16-6-4-15(5-7-16)25(26,27)28/h4-12,20,30H,1-3H3/b21-19+. The van der Waals surface area contributed by atoms with E-state index in [0.717, 1.165) is 34.7 Å². The molecule has 1 fully saturated rings. The number of aryl methyl sites for hydroxylation is 2. The van der Waals surface area contributed by atoms with Gasteiger partial charge in [0, 0.05) is 16.1 Å². The topological polar surface area (TPSA) is 66.8 Å². The second-order valence-electron chi connectivity index (χ2n) is 7.86. The summed E-state index contributed by atoms with van der Waals surface area (Å²) in [6.45, 7) is 3.53. The van der Waals surface area contributed by atoms with Crippen molar-refractivity contribution in [3.63, 3.8) is 0 Å². The molecule has 4 rings (SSSR count). The Kier molecular flexibility index (Phi) is 5.99. The molecule has 1 amide bonds. The van der Waals surface area contributed by atoms with Crippen LogP contribution < -0.4 is 9.64 Å². The van der Waals surface area contributed by atoms with E-state index in [9.17, 15) is 27.9 Å². The fourth-order valence-electron chi connectivity index (χ4n) is 4.00. The first-order valence-electron chi connectivity index (χ1n) is 10.2. The molecule has 9 heteroatoms. The number of alkyl halides is 3. The van der Waals surface area contributed by atoms with E-state index in [2.05, 4.69) is 0 Å². The average molecular weight is 487 g/mol. The quantitative estimate of drug-likeness (QED) is 0.278. The number of ether oxygens (including phenoxy) is 1. The number of aliphatic hydroxyl groups excluding tert-OH is 1. The summed E-state index contributed by atoms with van der Waals surface area (Å²) < 4.78 is 44.4. The fourth-order valence-corrected chi connectivity index (χ4v) is 5.02. The van der Waals surface area contributed by atoms with E-state index in [1.165, 1.54) is 18.4 Å². The lowest BCUT2D eigenvalue weighted by molar-refractivity contribution is -0.137. The summed E-state index contributed by atoms with van der Waals surface area (Å²) >= 11 is 1.29. The Bertz CT molecular complexity index is 1310. The van der Waals surface area contributed by atoms with Crippen LogP contribution in [0.2, 0.25) is 0 Å². The van der Waals surface area contributed by atoms with Crippen molar-refractivity contribution in [2.24, 2.45) is 0 Å². The van der Waals surface area contributed by atoms with Gasteiger partial charge in [-0.2, -0.15) is 13.2 Å². The van der Waals surface area contributed by atoms with Crippen molar-refractivity contribution >= 4 is 34.5 Å². The normalized spacial score (nSPS) is 17.9. The molecule has 176 valence electrons. The summed E-state index contributed by atoms with van der Waals surface area (Å²) in [5.41, 5.74) is 0.892. The molecule has 0 saturated carbocycles. The maximum atomic E-state index is 13.2. The van der Waals surface area contributed by atoms with Crippen LogP contribution in [0.25, 0.3) is 5.76 Å². The van der Waals surface area contributed by atoms with Gasteiger partial charge in [-0.1, -0.05) is 0 Å². The Morgan fingerprint density at radius 2 is 1.71 bits per heavy atom. The molecule has 1 aliphatic heterocycles. The summed E-state index contributed by atoms with van der Waals surface area (Å²) in [6, 6.07) is 9.76. The van der Waals surface area contributed by atoms with Gasteiger partial charge in [0.15, 0.2) is 0 Å². The molecule has 0 spiro atoms. The van der Waals surface area contributed by atoms with E-state index < -0.39 is 29.5 Å². The zero-order chi connectivity index (χ0) is 24.8. The van der Waals surface area contributed by atoms with Crippen LogP contribution in [-0.4, -0.2) is 23.9 Å². The third kappa shape index (κ3) is 3.96. The lowest BCUT2D eigenvalue weighted by atomic mass is 9.96. The van der Waals surface area contributed by atoms with E-state index in [4.69, 9.17) is 4.74 Å². The Morgan fingerprint density at radius 3 is 2.24 bits per heavy atom. The minimum absolute atomic E-state index is 0.122. The highest BCUT2D eigenvalue weighted by atomic mass is 32.1. The number of rotatable bonds is 4. The summed E-state index contributed by atoms with van der Waals surface area (Å²) in [6.07, 6.45) is -4.54. The van der Waals surface area contributed by atoms with Crippen LogP contribution in [-0.2, 0) is 15.8 Å². The van der Waals surface area contributed by atoms with Crippen LogP contribution >= 0.6 is 11.3 Å². The molecule has 0 radical (unpaired) electrons. The first-order chi connectivity index (χ1) is 16.0. The summed E-state index contributed by atoms with van der Waals surface area (Å²) in [4.78, 5) is 28.1. The smallest absolute Gasteiger partial charge is 0.416 e. The van der Waals surface area contributed by atoms with Gasteiger partial charge in [-0.3, -0.25) is 14.5 Å². The number of methoxy groups -OCH3 is 1. The first kappa shape index (κ1) is 23.6. The van der Waals surface area contributed by atoms with Crippen LogP contribution in [0.15, 0.2) is 59.5 Å². The molecule has 1 saturated heterocycles. The Labute approximate surface area is 197 Å². The number of hydrogen-bond acceptors (Lipinski definition) is 5. The van der Waals surface area contributed by atoms with Gasteiger partial charge in [0.1, 0.15) is 17.6 Å². The third-order valence-electron chi connectivity index (χ3n) is 5.76. The Hall–Kier alpha value is -3.59. The van der Waals surface area contributed by atoms with E-state index >= 15 is 0 Å². The highest BCUT2D eigenvalue weighted by Crippen LogP contribution is 2.45. The van der Waals surface area contributed by atoms with Crippen molar-refractivity contribution in [2.75, 3.05) is 12.0 Å². The molecule has 3 aromatic rings. The lowest BCUT2D eigenvalue weighted by Crippen LogP contribution is -2.29. The van der Waals surface area contributed by atoms with Crippen molar-refractivity contribution in [2.45, 2.75) is 26.1 Å². The number of aliphatic hydroxyl groups is 1. The number of amides is 1. The maximum Gasteiger partial charge on any atom is 0.416 e. The molecule has 0 bridgehead atoms. The fraction of sp³-hybridized carbons (Fsp3) is 0.200. The highest BCUT2D eigenvalue weighted by molar-refractivity contribution is 7.10. The molecule has 0 aliphatic carbocycles. The highest BCUT2D eigenvalue weighted by Gasteiger charge is 2.48. The van der Waals surface area contributed by atoms with Crippen molar-refractivity contribution in [1.82, 2.24) is 0 Å². The predicted molar refractivity (Wildman–Crippen MR) is 123 cm³/mol. The van der Waals surface area contributed by atoms with Crippen LogP contribution in [0.5, 0.6) is 5.75 Å². The van der Waals surface area contributed by atoms with Crippen molar-refractivity contribution < 1.29 is 32.6 Å². The van der Waals surface area contributed by atoms with Crippen molar-refractivity contribution in [3.8, 4) is 5.75 Å². The van der Waals surface area contributed by atoms with Gasteiger partial charge < -0.3 is 9.84 Å². The molecular formula is C25H20F3NO4S. The number of halogens is 3. The van der Waals surface area contributed by atoms with Crippen LogP contribution in [0.4, 0.5) is 18.9 Å². The van der Waals surface area contributed by atoms with Gasteiger partial charge >= 0.3 is 6.18 Å². The number of benzene rings is 2. The zero-order valence-corrected chi connectivity index (χ0v) is 19.3. The van der Waals surface area contributed by atoms with E-state index in [-0.39, 0.29) is 17.0 Å². The summed E-state index contributed by atoms with van der Waals surface area (Å²) in [7, 11) is 1.50. The number of Topliss-reactive ketones (excluding diaryl/α,β-unsaturated/α-hetero) is 1. The molecule has 2 heterocycles. The molecule has 34 heavy (non-hydrogen) atoms. The van der Waals surface area contributed by atoms with Crippen molar-refractivity contribution in [3.05, 3.63) is 86.6 Å². The Balaban J connectivity index is 1.91. The van der Waals surface area contributed by atoms with Crippen LogP contribution in [0.3, 0.4) is 0 Å². The number of anilines is 1. The number of ketones is 1. The van der Waals surface area contributed by atoms with E-state index in [0.29, 0.717) is 21.8 Å². The third-order valence-corrected chi connectivity index (χ3v) is 6.83. The van der Waals surface area contributed by atoms with Crippen LogP contribution in [0, 0.1) is 13.8 Å². The van der Waals surface area contributed by atoms with Gasteiger partial charge in [0.2, 0.25) is 0 Å². The number of thiophene rings is 1. The molecule has 2 aromatic carbocycles. The minimum Gasteiger partial charge on any atom is -0.507 e. The molecule has 1 unspecified atom stereocenters. The van der Waals surface area contributed by atoms with Crippen LogP contribution in [0.1, 0.15) is 33.2 Å². The van der Waals surface area contributed by atoms with E-state index in [1.807, 2.05) is 6.07 Å². The minimum atomic E-state index is -4.54. The number of carbonyl (C=O) groups excluding carboxylic acids is 2. The van der Waals surface area contributed by atoms with Gasteiger partial charge in [-0.15, -0.1) is 11.3 Å². The summed E-state index contributed by atoms with van der Waals surface area (Å²) in [5, 5.41) is 13.0. The van der Waals surface area contributed by atoms with E-state index in [1.54, 1.807) is 37.4 Å². The monoisotopic (exact) mass is 487 g/mol. The first-order valence-corrected chi connectivity index (χ1v) is 11.1. The average Bonchev–Trinajstić information content (AvgIpc) is 3.33. The van der Waals surface area contributed by atoms with Crippen molar-refractivity contribution in [1.29, 1.82) is 0 Å². The SMILES string of the molecule is COc1ccc(/C(O)=C2\C(=O)C(=O)N(c3ccc(C(F)(F)F)cc3)C2c2sccc2C)c(C)c1. The maximum absolute atomic E-state index is 13.2. The van der Waals surface area contributed by atoms with Gasteiger partial charge in [-0.05, 0) is 78.9 Å². The molecule has 1 N–H and O–H groups in total. The van der Waals surface area contributed by atoms with Gasteiger partial charge in [-0.25, -0.2) is 0 Å². The molecular weight excluding hydrogens is 467 g/mol. The molecule has 1 aromatic heterocycles. The second kappa shape index (κ2) is 8.64. The largest absolute Gasteiger partial charge is 0.507 e. The number of carbonyl (C=O) groups is 2. The number of nitrogens with zero attached hydrogens (tertiary/aromatic N) is 1. The Morgan fingerprint density at radius 1 is 1.03 bits per heavy atom. The van der Waals surface area contributed by atoms with Gasteiger partial charge in [0.05, 0.1) is 18.2 Å². The molecule has 5 nitrogen and oxygen atoms in total. The molecule has 1 atom stereocenters. The zero-order valence-electron chi connectivity index (χ0n) is 18.4. The molecule has 1 aliphatic rings. The lowest BCUT2D eigenvalue weighted by Gasteiger charge is -2.25. The second-order valence-corrected chi connectivity index (χ2v) is 8.81. The number of hydrogen-bond donors (Lipinski definition) is 1. The van der Waals surface area contributed by atoms with Gasteiger partial charge in [0.25, 0.3) is 11.7 Å². The predicted octanol–water partition coefficient (Wildman–Crippen LogP) is 6.02.